The fourth-order valence-corrected chi connectivity index (χ4v) is 14.4. The van der Waals surface area contributed by atoms with Crippen molar-refractivity contribution in [3.63, 3.8) is 0 Å². The third-order valence-corrected chi connectivity index (χ3v) is 16.8. The highest BCUT2D eigenvalue weighted by atomic mass is 16.5. The van der Waals surface area contributed by atoms with Gasteiger partial charge in [-0.2, -0.15) is 0 Å². The average molecular weight is 873 g/mol. The van der Waals surface area contributed by atoms with Gasteiger partial charge in [0.05, 0.1) is 33.1 Å². The van der Waals surface area contributed by atoms with Gasteiger partial charge in [0.15, 0.2) is 0 Å². The molecule has 9 heteroatoms. The smallest absolute Gasteiger partial charge is 0.256 e. The molecule has 10 aromatic carbocycles. The van der Waals surface area contributed by atoms with E-state index in [1.165, 1.54) is 132 Å². The fraction of sp³-hybridized carbons (Fsp3) is 0. The van der Waals surface area contributed by atoms with E-state index in [2.05, 4.69) is 196 Å². The summed E-state index contributed by atoms with van der Waals surface area (Å²) in [6, 6.07) is 67.0. The Balaban J connectivity index is 1.12. The van der Waals surface area contributed by atoms with Crippen LogP contribution >= 0.6 is 0 Å². The van der Waals surface area contributed by atoms with E-state index >= 15 is 0 Å². The molecule has 6 aliphatic heterocycles. The largest absolute Gasteiger partial charge is 0.458 e. The van der Waals surface area contributed by atoms with Crippen molar-refractivity contribution in [1.29, 1.82) is 0 Å². The van der Waals surface area contributed by atoms with Gasteiger partial charge >= 0.3 is 0 Å². The molecule has 0 atom stereocenters. The van der Waals surface area contributed by atoms with Crippen LogP contribution < -0.4 is 63.4 Å². The van der Waals surface area contributed by atoms with Gasteiger partial charge in [0.2, 0.25) is 0 Å². The van der Waals surface area contributed by atoms with Crippen molar-refractivity contribution < 1.29 is 14.2 Å². The molecule has 0 spiro atoms. The lowest BCUT2D eigenvalue weighted by Gasteiger charge is -2.32. The van der Waals surface area contributed by atoms with E-state index in [4.69, 9.17) is 14.2 Å². The Labute approximate surface area is 394 Å². The van der Waals surface area contributed by atoms with Gasteiger partial charge < -0.3 is 27.9 Å². The standard InChI is InChI=1S/C60H30B3N3O3/c1-7-19-40-34(13-1)61-37-16-4-10-22-43(37)67-46-28-25-31-49-58(64(40)55(31)52(46)61)50-32-26-29-47-53-56(32)65(41-20-8-2-14-35(41)62(53)38-17-5-11-23-44(38)68-47)60(50)51-33-27-30-48-54-57(33)66(59(49)51)42-21-9-3-15-36(42)63(54)39-18-6-12-24-45(39)69-48/h1-30H. The third-order valence-electron chi connectivity index (χ3n) is 16.8. The number of hydrogen-bond acceptors (Lipinski definition) is 3. The molecular weight excluding hydrogens is 843 g/mol. The molecule has 0 N–H and O–H groups in total. The van der Waals surface area contributed by atoms with Crippen molar-refractivity contribution in [3.8, 4) is 51.6 Å². The predicted molar refractivity (Wildman–Crippen MR) is 283 cm³/mol. The number of aromatic nitrogens is 3. The van der Waals surface area contributed by atoms with Gasteiger partial charge in [0, 0.05) is 49.4 Å². The zero-order valence-corrected chi connectivity index (χ0v) is 36.6. The summed E-state index contributed by atoms with van der Waals surface area (Å²) in [5.74, 6) is 5.51. The first-order valence-electron chi connectivity index (χ1n) is 24.0. The van der Waals surface area contributed by atoms with Gasteiger partial charge in [0.1, 0.15) is 34.5 Å². The minimum Gasteiger partial charge on any atom is -0.458 e. The van der Waals surface area contributed by atoms with Gasteiger partial charge in [-0.1, -0.05) is 109 Å². The summed E-state index contributed by atoms with van der Waals surface area (Å²) in [5.41, 5.74) is 21.9. The Bertz CT molecular complexity index is 4200. The zero-order valence-electron chi connectivity index (χ0n) is 36.6. The second kappa shape index (κ2) is 11.5. The Morgan fingerprint density at radius 1 is 0.246 bits per heavy atom. The summed E-state index contributed by atoms with van der Waals surface area (Å²) < 4.78 is 28.7. The van der Waals surface area contributed by atoms with Gasteiger partial charge in [-0.15, -0.1) is 0 Å². The maximum atomic E-state index is 6.94. The molecule has 0 aliphatic carbocycles. The number of nitrogens with zero attached hydrogens (tertiary/aromatic N) is 3. The molecule has 13 aromatic rings. The summed E-state index contributed by atoms with van der Waals surface area (Å²) in [4.78, 5) is 0. The number of para-hydroxylation sites is 6. The topological polar surface area (TPSA) is 42.5 Å². The van der Waals surface area contributed by atoms with Crippen molar-refractivity contribution in [2.45, 2.75) is 0 Å². The lowest BCUT2D eigenvalue weighted by Crippen LogP contribution is -2.58. The summed E-state index contributed by atoms with van der Waals surface area (Å²) in [5, 5.41) is 7.37. The van der Waals surface area contributed by atoms with Crippen LogP contribution in [0, 0.1) is 0 Å². The minimum atomic E-state index is 0.00315. The Morgan fingerprint density at radius 2 is 0.522 bits per heavy atom. The van der Waals surface area contributed by atoms with Crippen LogP contribution in [0.25, 0.3) is 82.5 Å². The molecule has 0 saturated heterocycles. The lowest BCUT2D eigenvalue weighted by molar-refractivity contribution is 0.487. The van der Waals surface area contributed by atoms with E-state index in [-0.39, 0.29) is 20.1 Å². The van der Waals surface area contributed by atoms with Crippen molar-refractivity contribution >= 4 is 135 Å². The van der Waals surface area contributed by atoms with Gasteiger partial charge in [0.25, 0.3) is 20.1 Å². The van der Waals surface area contributed by atoms with E-state index in [1.807, 2.05) is 0 Å². The molecule has 19 rings (SSSR count). The Morgan fingerprint density at radius 3 is 0.841 bits per heavy atom. The van der Waals surface area contributed by atoms with Crippen LogP contribution in [0.3, 0.4) is 0 Å². The first kappa shape index (κ1) is 34.5. The molecule has 0 amide bonds. The van der Waals surface area contributed by atoms with Crippen LogP contribution in [-0.4, -0.2) is 33.8 Å². The van der Waals surface area contributed by atoms with E-state index < -0.39 is 0 Å². The van der Waals surface area contributed by atoms with E-state index in [9.17, 15) is 0 Å². The normalized spacial score (nSPS) is 14.3. The van der Waals surface area contributed by atoms with Crippen LogP contribution in [0.5, 0.6) is 34.5 Å². The van der Waals surface area contributed by atoms with Gasteiger partial charge in [-0.3, -0.25) is 0 Å². The molecule has 0 radical (unpaired) electrons. The quantitative estimate of drug-likeness (QED) is 0.146. The van der Waals surface area contributed by atoms with E-state index in [0.717, 1.165) is 34.5 Å². The van der Waals surface area contributed by atoms with Crippen LogP contribution in [0.1, 0.15) is 0 Å². The van der Waals surface area contributed by atoms with Crippen molar-refractivity contribution in [3.05, 3.63) is 182 Å². The maximum absolute atomic E-state index is 6.94. The number of benzene rings is 10. The molecule has 0 saturated carbocycles. The first-order valence-corrected chi connectivity index (χ1v) is 24.0. The maximum Gasteiger partial charge on any atom is 0.256 e. The monoisotopic (exact) mass is 873 g/mol. The van der Waals surface area contributed by atoms with Crippen LogP contribution in [0.15, 0.2) is 182 Å². The van der Waals surface area contributed by atoms with Crippen LogP contribution in [-0.2, 0) is 0 Å². The molecule has 6 nitrogen and oxygen atoms in total. The van der Waals surface area contributed by atoms with E-state index in [1.54, 1.807) is 0 Å². The second-order valence-corrected chi connectivity index (χ2v) is 19.7. The molecule has 6 aliphatic rings. The predicted octanol–water partition coefficient (Wildman–Crippen LogP) is 7.78. The van der Waals surface area contributed by atoms with Crippen LogP contribution in [0.2, 0.25) is 0 Å². The van der Waals surface area contributed by atoms with Crippen molar-refractivity contribution in [1.82, 2.24) is 13.7 Å². The Kier molecular flexibility index (Phi) is 5.74. The SMILES string of the molecule is c1ccc2c(c1)Oc1ccc3c4c(c5c6ccc7c8c6n(c5c5c6ccc9c%10c6n(c45)-c4ccccc4B%10c4ccccc4O9)-c4ccccc4B8c4ccccc4O7)n4c3c1B2c1ccccc1-4. The minimum absolute atomic E-state index is 0.00315. The zero-order chi connectivity index (χ0) is 44.1. The number of rotatable bonds is 0. The van der Waals surface area contributed by atoms with Crippen molar-refractivity contribution in [2.24, 2.45) is 0 Å². The lowest BCUT2D eigenvalue weighted by atomic mass is 9.34. The van der Waals surface area contributed by atoms with Gasteiger partial charge in [-0.05, 0) is 122 Å². The van der Waals surface area contributed by atoms with Gasteiger partial charge in [-0.25, -0.2) is 0 Å². The van der Waals surface area contributed by atoms with Crippen LogP contribution in [0.4, 0.5) is 0 Å². The average Bonchev–Trinajstić information content (AvgIpc) is 4.06. The highest BCUT2D eigenvalue weighted by Gasteiger charge is 2.46. The Hall–Kier alpha value is -8.81. The summed E-state index contributed by atoms with van der Waals surface area (Å²) in [7, 11) is 0. The second-order valence-electron chi connectivity index (χ2n) is 19.7. The molecule has 0 unspecified atom stereocenters. The highest BCUT2D eigenvalue weighted by molar-refractivity contribution is 7.01. The number of ether oxygens (including phenoxy) is 3. The molecule has 312 valence electrons. The summed E-state index contributed by atoms with van der Waals surface area (Å²) in [6.45, 7) is 0.00945. The molecule has 3 aromatic heterocycles. The van der Waals surface area contributed by atoms with Crippen molar-refractivity contribution in [2.75, 3.05) is 0 Å². The third kappa shape index (κ3) is 3.72. The number of hydrogen-bond donors (Lipinski definition) is 0. The number of fused-ring (bicyclic) bond motifs is 27. The molecule has 9 heterocycles. The molecule has 69 heavy (non-hydrogen) atoms. The first-order chi connectivity index (χ1) is 34.3. The summed E-state index contributed by atoms with van der Waals surface area (Å²) >= 11 is 0. The molecule has 0 fully saturated rings. The van der Waals surface area contributed by atoms with E-state index in [0.29, 0.717) is 0 Å². The summed E-state index contributed by atoms with van der Waals surface area (Å²) in [6.07, 6.45) is 0. The molecule has 0 bridgehead atoms. The highest BCUT2D eigenvalue weighted by Crippen LogP contribution is 2.53. The molecular formula is C60H30B3N3O3. The fourth-order valence-electron chi connectivity index (χ4n) is 14.4.